The Morgan fingerprint density at radius 1 is 1.41 bits per heavy atom. The van der Waals surface area contributed by atoms with E-state index in [9.17, 15) is 0 Å². The Balaban J connectivity index is 1.77. The van der Waals surface area contributed by atoms with E-state index < -0.39 is 0 Å². The molecule has 1 aromatic rings. The SMILES string of the molecule is COc1cncc(C2CCC3(CCNC3)C2)c1. The van der Waals surface area contributed by atoms with Gasteiger partial charge in [0.15, 0.2) is 0 Å². The topological polar surface area (TPSA) is 34.1 Å². The van der Waals surface area contributed by atoms with Crippen LogP contribution in [0, 0.1) is 5.41 Å². The van der Waals surface area contributed by atoms with Crippen molar-refractivity contribution in [3.8, 4) is 5.75 Å². The minimum absolute atomic E-state index is 0.577. The van der Waals surface area contributed by atoms with Crippen LogP contribution in [-0.4, -0.2) is 25.2 Å². The fourth-order valence-electron chi connectivity index (χ4n) is 3.45. The van der Waals surface area contributed by atoms with Crippen molar-refractivity contribution in [2.75, 3.05) is 20.2 Å². The van der Waals surface area contributed by atoms with Crippen LogP contribution in [-0.2, 0) is 0 Å². The first-order valence-corrected chi connectivity index (χ1v) is 6.51. The van der Waals surface area contributed by atoms with Crippen molar-refractivity contribution in [3.63, 3.8) is 0 Å². The molecule has 2 heterocycles. The third kappa shape index (κ3) is 2.04. The molecule has 3 nitrogen and oxygen atoms in total. The lowest BCUT2D eigenvalue weighted by atomic mass is 9.84. The maximum absolute atomic E-state index is 5.26. The van der Waals surface area contributed by atoms with E-state index in [4.69, 9.17) is 4.74 Å². The van der Waals surface area contributed by atoms with E-state index in [-0.39, 0.29) is 0 Å². The van der Waals surface area contributed by atoms with Crippen LogP contribution in [0.5, 0.6) is 5.75 Å². The van der Waals surface area contributed by atoms with Crippen LogP contribution in [0.25, 0.3) is 0 Å². The van der Waals surface area contributed by atoms with Gasteiger partial charge in [-0.3, -0.25) is 4.98 Å². The molecule has 2 atom stereocenters. The van der Waals surface area contributed by atoms with Crippen LogP contribution in [0.4, 0.5) is 0 Å². The maximum Gasteiger partial charge on any atom is 0.137 e. The zero-order chi connectivity index (χ0) is 11.7. The summed E-state index contributed by atoms with van der Waals surface area (Å²) in [5.74, 6) is 1.56. The number of aromatic nitrogens is 1. The summed E-state index contributed by atoms with van der Waals surface area (Å²) in [5, 5.41) is 3.51. The van der Waals surface area contributed by atoms with Crippen molar-refractivity contribution in [2.45, 2.75) is 31.6 Å². The number of hydrogen-bond acceptors (Lipinski definition) is 3. The van der Waals surface area contributed by atoms with Crippen molar-refractivity contribution in [3.05, 3.63) is 24.0 Å². The number of rotatable bonds is 2. The number of nitrogens with zero attached hydrogens (tertiary/aromatic N) is 1. The third-order valence-corrected chi connectivity index (χ3v) is 4.48. The molecule has 0 bridgehead atoms. The second-order valence-corrected chi connectivity index (χ2v) is 5.52. The zero-order valence-corrected chi connectivity index (χ0v) is 10.4. The summed E-state index contributed by atoms with van der Waals surface area (Å²) < 4.78 is 5.26. The van der Waals surface area contributed by atoms with Gasteiger partial charge in [0.05, 0.1) is 13.3 Å². The van der Waals surface area contributed by atoms with Gasteiger partial charge in [-0.2, -0.15) is 0 Å². The average molecular weight is 232 g/mol. The smallest absolute Gasteiger partial charge is 0.137 e. The molecular formula is C14H20N2O. The van der Waals surface area contributed by atoms with Crippen molar-refractivity contribution < 1.29 is 4.74 Å². The van der Waals surface area contributed by atoms with Crippen LogP contribution >= 0.6 is 0 Å². The van der Waals surface area contributed by atoms with E-state index in [0.717, 1.165) is 5.75 Å². The zero-order valence-electron chi connectivity index (χ0n) is 10.4. The summed E-state index contributed by atoms with van der Waals surface area (Å²) >= 11 is 0. The van der Waals surface area contributed by atoms with Gasteiger partial charge in [0.25, 0.3) is 0 Å². The summed E-state index contributed by atoms with van der Waals surface area (Å²) in [7, 11) is 1.71. The lowest BCUT2D eigenvalue weighted by Crippen LogP contribution is -2.20. The summed E-state index contributed by atoms with van der Waals surface area (Å²) in [5.41, 5.74) is 1.93. The Bertz CT molecular complexity index is 399. The Hall–Kier alpha value is -1.09. The van der Waals surface area contributed by atoms with Gasteiger partial charge in [0, 0.05) is 12.7 Å². The Labute approximate surface area is 103 Å². The highest BCUT2D eigenvalue weighted by atomic mass is 16.5. The van der Waals surface area contributed by atoms with E-state index in [0.29, 0.717) is 11.3 Å². The van der Waals surface area contributed by atoms with Gasteiger partial charge in [0.2, 0.25) is 0 Å². The van der Waals surface area contributed by atoms with Crippen LogP contribution in [0.1, 0.15) is 37.2 Å². The number of pyridine rings is 1. The van der Waals surface area contributed by atoms with E-state index in [1.54, 1.807) is 13.3 Å². The average Bonchev–Trinajstić information content (AvgIpc) is 3.01. The minimum Gasteiger partial charge on any atom is -0.495 e. The predicted octanol–water partition coefficient (Wildman–Crippen LogP) is 2.34. The van der Waals surface area contributed by atoms with Crippen molar-refractivity contribution in [1.82, 2.24) is 10.3 Å². The van der Waals surface area contributed by atoms with Crippen LogP contribution in [0.3, 0.4) is 0 Å². The first kappa shape index (κ1) is 11.0. The molecular weight excluding hydrogens is 212 g/mol. The highest BCUT2D eigenvalue weighted by molar-refractivity contribution is 5.27. The molecule has 1 saturated heterocycles. The third-order valence-electron chi connectivity index (χ3n) is 4.48. The molecule has 1 aliphatic carbocycles. The standard InChI is InChI=1S/C14H20N2O/c1-17-13-6-12(8-16-9-13)11-2-3-14(7-11)4-5-15-10-14/h6,8-9,11,15H,2-5,7,10H2,1H3. The number of nitrogens with one attached hydrogen (secondary N) is 1. The van der Waals surface area contributed by atoms with Crippen LogP contribution < -0.4 is 10.1 Å². The largest absolute Gasteiger partial charge is 0.495 e. The van der Waals surface area contributed by atoms with E-state index in [2.05, 4.69) is 16.4 Å². The molecule has 3 heteroatoms. The second-order valence-electron chi connectivity index (χ2n) is 5.52. The van der Waals surface area contributed by atoms with Gasteiger partial charge in [0.1, 0.15) is 5.75 Å². The van der Waals surface area contributed by atoms with E-state index in [1.807, 2.05) is 6.20 Å². The monoisotopic (exact) mass is 232 g/mol. The lowest BCUT2D eigenvalue weighted by molar-refractivity contribution is 0.331. The summed E-state index contributed by atoms with van der Waals surface area (Å²) in [6.07, 6.45) is 9.12. The number of methoxy groups -OCH3 is 1. The molecule has 0 radical (unpaired) electrons. The van der Waals surface area contributed by atoms with Gasteiger partial charge in [-0.1, -0.05) is 0 Å². The first-order valence-electron chi connectivity index (χ1n) is 6.51. The first-order chi connectivity index (χ1) is 8.31. The fourth-order valence-corrected chi connectivity index (χ4v) is 3.45. The quantitative estimate of drug-likeness (QED) is 0.850. The molecule has 1 aliphatic heterocycles. The van der Waals surface area contributed by atoms with Crippen molar-refractivity contribution in [1.29, 1.82) is 0 Å². The summed E-state index contributed by atoms with van der Waals surface area (Å²) in [6.45, 7) is 2.41. The molecule has 3 rings (SSSR count). The molecule has 1 spiro atoms. The van der Waals surface area contributed by atoms with Gasteiger partial charge in [-0.05, 0) is 55.2 Å². The predicted molar refractivity (Wildman–Crippen MR) is 67.3 cm³/mol. The van der Waals surface area contributed by atoms with Crippen LogP contribution in [0.2, 0.25) is 0 Å². The minimum atomic E-state index is 0.577. The molecule has 0 amide bonds. The van der Waals surface area contributed by atoms with Gasteiger partial charge in [-0.25, -0.2) is 0 Å². The molecule has 2 unspecified atom stereocenters. The molecule has 1 saturated carbocycles. The molecule has 17 heavy (non-hydrogen) atoms. The highest BCUT2D eigenvalue weighted by Gasteiger charge is 2.41. The number of ether oxygens (including phenoxy) is 1. The molecule has 92 valence electrons. The summed E-state index contributed by atoms with van der Waals surface area (Å²) in [4.78, 5) is 4.27. The Kier molecular flexibility index (Phi) is 2.79. The Morgan fingerprint density at radius 2 is 2.35 bits per heavy atom. The molecule has 1 aromatic heterocycles. The van der Waals surface area contributed by atoms with Crippen molar-refractivity contribution in [2.24, 2.45) is 5.41 Å². The maximum atomic E-state index is 5.26. The molecule has 0 aromatic carbocycles. The Morgan fingerprint density at radius 3 is 3.12 bits per heavy atom. The molecule has 2 fully saturated rings. The van der Waals surface area contributed by atoms with Gasteiger partial charge >= 0.3 is 0 Å². The van der Waals surface area contributed by atoms with E-state index >= 15 is 0 Å². The molecule has 2 aliphatic rings. The van der Waals surface area contributed by atoms with Gasteiger partial charge in [-0.15, -0.1) is 0 Å². The van der Waals surface area contributed by atoms with Crippen LogP contribution in [0.15, 0.2) is 18.5 Å². The van der Waals surface area contributed by atoms with Gasteiger partial charge < -0.3 is 10.1 Å². The lowest BCUT2D eigenvalue weighted by Gasteiger charge is -2.21. The second kappa shape index (κ2) is 4.30. The number of hydrogen-bond donors (Lipinski definition) is 1. The van der Waals surface area contributed by atoms with Crippen molar-refractivity contribution >= 4 is 0 Å². The highest BCUT2D eigenvalue weighted by Crippen LogP contribution is 2.49. The summed E-state index contributed by atoms with van der Waals surface area (Å²) in [6, 6.07) is 2.15. The normalized spacial score (nSPS) is 32.2. The van der Waals surface area contributed by atoms with E-state index in [1.165, 1.54) is 44.3 Å². The molecule has 1 N–H and O–H groups in total. The fraction of sp³-hybridized carbons (Fsp3) is 0.643.